The van der Waals surface area contributed by atoms with Crippen molar-refractivity contribution in [2.24, 2.45) is 0 Å². The molecular formula is C23H22N6O2. The summed E-state index contributed by atoms with van der Waals surface area (Å²) in [6.07, 6.45) is 4.85. The highest BCUT2D eigenvalue weighted by atomic mass is 16.5. The molecule has 0 saturated carbocycles. The number of aryl methyl sites for hydroxylation is 2. The summed E-state index contributed by atoms with van der Waals surface area (Å²) < 4.78 is 5.62. The van der Waals surface area contributed by atoms with Crippen LogP contribution < -0.4 is 0 Å². The molecule has 1 aliphatic rings. The molecule has 0 radical (unpaired) electrons. The van der Waals surface area contributed by atoms with Crippen molar-refractivity contribution in [2.75, 3.05) is 6.54 Å². The molecule has 2 aromatic carbocycles. The van der Waals surface area contributed by atoms with Crippen LogP contribution in [-0.2, 0) is 0 Å². The van der Waals surface area contributed by atoms with Crippen molar-refractivity contribution < 1.29 is 9.32 Å². The summed E-state index contributed by atoms with van der Waals surface area (Å²) in [7, 11) is 0. The van der Waals surface area contributed by atoms with Crippen molar-refractivity contribution in [2.45, 2.75) is 32.7 Å². The van der Waals surface area contributed by atoms with Crippen LogP contribution in [0.4, 0.5) is 0 Å². The van der Waals surface area contributed by atoms with Crippen molar-refractivity contribution in [1.82, 2.24) is 30.0 Å². The summed E-state index contributed by atoms with van der Waals surface area (Å²) in [5, 5.41) is 12.6. The maximum absolute atomic E-state index is 13.6. The minimum atomic E-state index is -0.253. The fourth-order valence-electron chi connectivity index (χ4n) is 4.06. The third-order valence-corrected chi connectivity index (χ3v) is 5.64. The zero-order valence-electron chi connectivity index (χ0n) is 17.4. The highest BCUT2D eigenvalue weighted by molar-refractivity contribution is 5.98. The van der Waals surface area contributed by atoms with Crippen LogP contribution >= 0.6 is 0 Å². The Labute approximate surface area is 179 Å². The SMILES string of the molecule is Cc1ccc(-n2nccn2)c(C(=O)N2CCCC2c2nc(-c3ccccc3C)no2)c1. The molecule has 31 heavy (non-hydrogen) atoms. The van der Waals surface area contributed by atoms with E-state index in [4.69, 9.17) is 4.52 Å². The lowest BCUT2D eigenvalue weighted by atomic mass is 10.1. The quantitative estimate of drug-likeness (QED) is 0.503. The van der Waals surface area contributed by atoms with Crippen LogP contribution in [0.15, 0.2) is 59.4 Å². The Kier molecular flexibility index (Phi) is 4.82. The average Bonchev–Trinajstić information content (AvgIpc) is 3.54. The zero-order chi connectivity index (χ0) is 21.4. The Balaban J connectivity index is 1.48. The zero-order valence-corrected chi connectivity index (χ0v) is 17.4. The van der Waals surface area contributed by atoms with Crippen LogP contribution in [0.2, 0.25) is 0 Å². The molecule has 1 saturated heterocycles. The van der Waals surface area contributed by atoms with Gasteiger partial charge in [0.2, 0.25) is 11.7 Å². The normalized spacial score (nSPS) is 16.1. The first-order chi connectivity index (χ1) is 15.1. The number of aromatic nitrogens is 5. The fourth-order valence-corrected chi connectivity index (χ4v) is 4.06. The van der Waals surface area contributed by atoms with Gasteiger partial charge in [0, 0.05) is 12.1 Å². The topological polar surface area (TPSA) is 89.9 Å². The van der Waals surface area contributed by atoms with E-state index >= 15 is 0 Å². The standard InChI is InChI=1S/C23H22N6O2/c1-15-9-10-19(29-24-11-12-25-29)18(14-15)23(30)28-13-5-8-20(28)22-26-21(27-31-22)17-7-4-3-6-16(17)2/h3-4,6-7,9-12,14,20H,5,8,13H2,1-2H3. The van der Waals surface area contributed by atoms with Gasteiger partial charge in [-0.2, -0.15) is 20.0 Å². The van der Waals surface area contributed by atoms with Gasteiger partial charge in [0.15, 0.2) is 0 Å². The van der Waals surface area contributed by atoms with E-state index in [0.29, 0.717) is 29.5 Å². The van der Waals surface area contributed by atoms with Gasteiger partial charge >= 0.3 is 0 Å². The number of nitrogens with zero attached hydrogens (tertiary/aromatic N) is 6. The lowest BCUT2D eigenvalue weighted by Crippen LogP contribution is -2.31. The smallest absolute Gasteiger partial charge is 0.256 e. The largest absolute Gasteiger partial charge is 0.337 e. The van der Waals surface area contributed by atoms with E-state index in [1.54, 1.807) is 12.4 Å². The number of amides is 1. The van der Waals surface area contributed by atoms with Crippen LogP contribution in [0.5, 0.6) is 0 Å². The lowest BCUT2D eigenvalue weighted by Gasteiger charge is -2.23. The molecule has 3 heterocycles. The summed E-state index contributed by atoms with van der Waals surface area (Å²) >= 11 is 0. The molecular weight excluding hydrogens is 392 g/mol. The van der Waals surface area contributed by atoms with Crippen LogP contribution in [0.3, 0.4) is 0 Å². The maximum atomic E-state index is 13.6. The predicted molar refractivity (Wildman–Crippen MR) is 114 cm³/mol. The first-order valence-electron chi connectivity index (χ1n) is 10.3. The van der Waals surface area contributed by atoms with Gasteiger partial charge in [-0.1, -0.05) is 41.1 Å². The number of likely N-dealkylation sites (tertiary alicyclic amines) is 1. The summed E-state index contributed by atoms with van der Waals surface area (Å²) in [5.74, 6) is 0.925. The summed E-state index contributed by atoms with van der Waals surface area (Å²) in [6, 6.07) is 13.4. The molecule has 1 unspecified atom stereocenters. The Bertz CT molecular complexity index is 1230. The van der Waals surface area contributed by atoms with Gasteiger partial charge < -0.3 is 9.42 Å². The maximum Gasteiger partial charge on any atom is 0.256 e. The van der Waals surface area contributed by atoms with Gasteiger partial charge in [-0.25, -0.2) is 0 Å². The number of hydrogen-bond donors (Lipinski definition) is 0. The second kappa shape index (κ2) is 7.79. The van der Waals surface area contributed by atoms with Crippen molar-refractivity contribution in [1.29, 1.82) is 0 Å². The molecule has 0 aliphatic carbocycles. The van der Waals surface area contributed by atoms with Crippen LogP contribution in [0, 0.1) is 13.8 Å². The van der Waals surface area contributed by atoms with E-state index in [1.807, 2.05) is 61.2 Å². The molecule has 1 atom stereocenters. The molecule has 5 rings (SSSR count). The van der Waals surface area contributed by atoms with Crippen LogP contribution in [-0.4, -0.2) is 42.5 Å². The fraction of sp³-hybridized carbons (Fsp3) is 0.261. The van der Waals surface area contributed by atoms with Gasteiger partial charge in [-0.05, 0) is 44.4 Å². The first-order valence-corrected chi connectivity index (χ1v) is 10.3. The van der Waals surface area contributed by atoms with E-state index in [0.717, 1.165) is 29.5 Å². The van der Waals surface area contributed by atoms with Gasteiger partial charge in [0.05, 0.1) is 23.6 Å². The van der Waals surface area contributed by atoms with Crippen molar-refractivity contribution in [3.63, 3.8) is 0 Å². The third kappa shape index (κ3) is 3.50. The van der Waals surface area contributed by atoms with Crippen molar-refractivity contribution in [3.05, 3.63) is 77.4 Å². The highest BCUT2D eigenvalue weighted by Gasteiger charge is 2.35. The molecule has 1 amide bonds. The monoisotopic (exact) mass is 414 g/mol. The predicted octanol–water partition coefficient (Wildman–Crippen LogP) is 3.91. The highest BCUT2D eigenvalue weighted by Crippen LogP contribution is 2.34. The summed E-state index contributed by atoms with van der Waals surface area (Å²) in [4.78, 5) is 21.5. The van der Waals surface area contributed by atoms with Crippen molar-refractivity contribution in [3.8, 4) is 17.1 Å². The number of hydrogen-bond acceptors (Lipinski definition) is 6. The lowest BCUT2D eigenvalue weighted by molar-refractivity contribution is 0.0709. The first kappa shape index (κ1) is 19.2. The molecule has 8 heteroatoms. The summed E-state index contributed by atoms with van der Waals surface area (Å²) in [6.45, 7) is 4.61. The van der Waals surface area contributed by atoms with E-state index in [-0.39, 0.29) is 11.9 Å². The Morgan fingerprint density at radius 2 is 1.90 bits per heavy atom. The Hall–Kier alpha value is -3.81. The minimum absolute atomic E-state index is 0.0888. The molecule has 0 N–H and O–H groups in total. The molecule has 156 valence electrons. The van der Waals surface area contributed by atoms with Crippen LogP contribution in [0.1, 0.15) is 46.3 Å². The molecule has 0 bridgehead atoms. The van der Waals surface area contributed by atoms with E-state index in [1.165, 1.54) is 4.80 Å². The second-order valence-corrected chi connectivity index (χ2v) is 7.77. The molecule has 1 fully saturated rings. The average molecular weight is 414 g/mol. The van der Waals surface area contributed by atoms with E-state index < -0.39 is 0 Å². The van der Waals surface area contributed by atoms with E-state index in [9.17, 15) is 4.79 Å². The second-order valence-electron chi connectivity index (χ2n) is 7.77. The van der Waals surface area contributed by atoms with Gasteiger partial charge in [-0.15, -0.1) is 0 Å². The number of carbonyl (C=O) groups is 1. The molecule has 1 aliphatic heterocycles. The Morgan fingerprint density at radius 1 is 1.10 bits per heavy atom. The Morgan fingerprint density at radius 3 is 2.71 bits per heavy atom. The van der Waals surface area contributed by atoms with Gasteiger partial charge in [0.1, 0.15) is 6.04 Å². The van der Waals surface area contributed by atoms with Crippen molar-refractivity contribution >= 4 is 5.91 Å². The molecule has 0 spiro atoms. The van der Waals surface area contributed by atoms with Gasteiger partial charge in [0.25, 0.3) is 5.91 Å². The number of carbonyl (C=O) groups excluding carboxylic acids is 1. The van der Waals surface area contributed by atoms with E-state index in [2.05, 4.69) is 20.3 Å². The van der Waals surface area contributed by atoms with Gasteiger partial charge in [-0.3, -0.25) is 4.79 Å². The number of benzene rings is 2. The molecule has 4 aromatic rings. The minimum Gasteiger partial charge on any atom is -0.337 e. The molecule has 2 aromatic heterocycles. The van der Waals surface area contributed by atoms with Crippen LogP contribution in [0.25, 0.3) is 17.1 Å². The third-order valence-electron chi connectivity index (χ3n) is 5.64. The number of rotatable bonds is 4. The summed E-state index contributed by atoms with van der Waals surface area (Å²) in [5.41, 5.74) is 4.21. The molecule has 8 nitrogen and oxygen atoms in total.